The van der Waals surface area contributed by atoms with Gasteiger partial charge in [-0.05, 0) is 25.0 Å². The van der Waals surface area contributed by atoms with Gasteiger partial charge in [-0.3, -0.25) is 4.79 Å². The van der Waals surface area contributed by atoms with Crippen molar-refractivity contribution in [2.45, 2.75) is 25.4 Å². The molecule has 1 aliphatic carbocycles. The summed E-state index contributed by atoms with van der Waals surface area (Å²) in [4.78, 5) is 23.3. The molecule has 2 aromatic heterocycles. The molecule has 1 N–H and O–H groups in total. The van der Waals surface area contributed by atoms with Crippen LogP contribution in [0.4, 0.5) is 18.9 Å². The van der Waals surface area contributed by atoms with Gasteiger partial charge in [0.1, 0.15) is 11.1 Å². The van der Waals surface area contributed by atoms with Crippen molar-refractivity contribution in [1.29, 1.82) is 0 Å². The van der Waals surface area contributed by atoms with E-state index in [0.29, 0.717) is 32.6 Å². The quantitative estimate of drug-likeness (QED) is 0.904. The van der Waals surface area contributed by atoms with Gasteiger partial charge in [-0.2, -0.15) is 13.2 Å². The second kappa shape index (κ2) is 5.64. The van der Waals surface area contributed by atoms with Crippen LogP contribution in [-0.2, 0) is 4.79 Å². The van der Waals surface area contributed by atoms with Crippen LogP contribution in [0.25, 0.3) is 11.0 Å². The molecule has 1 aliphatic heterocycles. The molecule has 25 heavy (non-hydrogen) atoms. The lowest BCUT2D eigenvalue weighted by Gasteiger charge is -2.46. The monoisotopic (exact) mass is 352 g/mol. The SMILES string of the molecule is O=C(N1CCN(c2ccnc3[nH]ccc23)CC1)C1(C(F)(F)F)CCC1. The van der Waals surface area contributed by atoms with E-state index in [4.69, 9.17) is 0 Å². The first kappa shape index (κ1) is 16.2. The van der Waals surface area contributed by atoms with Crippen molar-refractivity contribution in [2.75, 3.05) is 31.1 Å². The van der Waals surface area contributed by atoms with E-state index in [1.165, 1.54) is 4.90 Å². The minimum absolute atomic E-state index is 0.0795. The Bertz CT molecular complexity index is 789. The zero-order valence-electron chi connectivity index (χ0n) is 13.6. The van der Waals surface area contributed by atoms with Crippen molar-refractivity contribution in [1.82, 2.24) is 14.9 Å². The lowest BCUT2D eigenvalue weighted by atomic mass is 9.67. The van der Waals surface area contributed by atoms with Crippen molar-refractivity contribution in [2.24, 2.45) is 5.41 Å². The molecule has 0 atom stereocenters. The fourth-order valence-electron chi connectivity index (χ4n) is 3.82. The molecule has 2 aliphatic rings. The number of anilines is 1. The Labute approximate surface area is 142 Å². The van der Waals surface area contributed by atoms with Gasteiger partial charge < -0.3 is 14.8 Å². The lowest BCUT2D eigenvalue weighted by molar-refractivity contribution is -0.248. The van der Waals surface area contributed by atoms with Crippen LogP contribution in [0.2, 0.25) is 0 Å². The van der Waals surface area contributed by atoms with E-state index < -0.39 is 17.5 Å². The molecule has 5 nitrogen and oxygen atoms in total. The molecular formula is C17H19F3N4O. The van der Waals surface area contributed by atoms with Gasteiger partial charge in [0.15, 0.2) is 0 Å². The van der Waals surface area contributed by atoms with Crippen LogP contribution >= 0.6 is 0 Å². The van der Waals surface area contributed by atoms with E-state index >= 15 is 0 Å². The number of carbonyl (C=O) groups is 1. The number of fused-ring (bicyclic) bond motifs is 1. The summed E-state index contributed by atoms with van der Waals surface area (Å²) in [6, 6.07) is 3.83. The number of hydrogen-bond acceptors (Lipinski definition) is 3. The number of halogens is 3. The van der Waals surface area contributed by atoms with Gasteiger partial charge in [-0.15, -0.1) is 0 Å². The first-order chi connectivity index (χ1) is 11.9. The first-order valence-electron chi connectivity index (χ1n) is 8.45. The Morgan fingerprint density at radius 3 is 2.48 bits per heavy atom. The highest BCUT2D eigenvalue weighted by Crippen LogP contribution is 2.54. The lowest BCUT2D eigenvalue weighted by Crippen LogP contribution is -2.59. The number of hydrogen-bond donors (Lipinski definition) is 1. The molecule has 0 spiro atoms. The number of aromatic amines is 1. The minimum atomic E-state index is -4.46. The summed E-state index contributed by atoms with van der Waals surface area (Å²) in [6.45, 7) is 1.66. The smallest absolute Gasteiger partial charge is 0.367 e. The third-order valence-corrected chi connectivity index (χ3v) is 5.50. The van der Waals surface area contributed by atoms with Crippen LogP contribution < -0.4 is 4.90 Å². The maximum absolute atomic E-state index is 13.4. The third kappa shape index (κ3) is 2.46. The summed E-state index contributed by atoms with van der Waals surface area (Å²) >= 11 is 0. The average Bonchev–Trinajstić information content (AvgIpc) is 3.01. The number of H-pyrrole nitrogens is 1. The summed E-state index contributed by atoms with van der Waals surface area (Å²) in [7, 11) is 0. The van der Waals surface area contributed by atoms with Crippen LogP contribution in [0.5, 0.6) is 0 Å². The van der Waals surface area contributed by atoms with Gasteiger partial charge in [0.05, 0.1) is 0 Å². The molecule has 0 aromatic carbocycles. The highest BCUT2D eigenvalue weighted by atomic mass is 19.4. The summed E-state index contributed by atoms with van der Waals surface area (Å²) in [6.07, 6.45) is -0.632. The summed E-state index contributed by atoms with van der Waals surface area (Å²) in [5, 5.41) is 0.980. The first-order valence-corrected chi connectivity index (χ1v) is 8.45. The number of amides is 1. The van der Waals surface area contributed by atoms with Crippen molar-refractivity contribution in [3.05, 3.63) is 24.5 Å². The maximum Gasteiger partial charge on any atom is 0.403 e. The van der Waals surface area contributed by atoms with E-state index in [0.717, 1.165) is 16.7 Å². The molecule has 8 heteroatoms. The number of rotatable bonds is 2. The second-order valence-electron chi connectivity index (χ2n) is 6.78. The number of piperazine rings is 1. The van der Waals surface area contributed by atoms with Crippen molar-refractivity contribution in [3.8, 4) is 0 Å². The number of alkyl halides is 3. The normalized spacial score (nSPS) is 20.6. The standard InChI is InChI=1S/C17H19F3N4O/c18-17(19,20)16(4-1-5-16)15(25)24-10-8-23(9-11-24)13-3-7-22-14-12(13)2-6-21-14/h2-3,6-7H,1,4-5,8-11H2,(H,21,22). The highest BCUT2D eigenvalue weighted by Gasteiger charge is 2.64. The van der Waals surface area contributed by atoms with Gasteiger partial charge in [-0.1, -0.05) is 6.42 Å². The number of nitrogens with zero attached hydrogens (tertiary/aromatic N) is 3. The van der Waals surface area contributed by atoms with Gasteiger partial charge in [0, 0.05) is 49.6 Å². The van der Waals surface area contributed by atoms with Crippen molar-refractivity contribution < 1.29 is 18.0 Å². The Hall–Kier alpha value is -2.25. The Balaban J connectivity index is 1.48. The van der Waals surface area contributed by atoms with E-state index in [2.05, 4.69) is 14.9 Å². The van der Waals surface area contributed by atoms with E-state index in [1.54, 1.807) is 6.20 Å². The van der Waals surface area contributed by atoms with Crippen LogP contribution in [0, 0.1) is 5.41 Å². The fraction of sp³-hybridized carbons (Fsp3) is 0.529. The average molecular weight is 352 g/mol. The number of pyridine rings is 1. The van der Waals surface area contributed by atoms with Crippen LogP contribution in [0.1, 0.15) is 19.3 Å². The predicted octanol–water partition coefficient (Wildman–Crippen LogP) is 2.94. The molecule has 2 aromatic rings. The Morgan fingerprint density at radius 1 is 1.16 bits per heavy atom. The van der Waals surface area contributed by atoms with Gasteiger partial charge in [-0.25, -0.2) is 4.98 Å². The number of nitrogens with one attached hydrogen (secondary N) is 1. The van der Waals surface area contributed by atoms with E-state index in [9.17, 15) is 18.0 Å². The molecule has 1 saturated heterocycles. The molecule has 134 valence electrons. The van der Waals surface area contributed by atoms with Gasteiger partial charge in [0.25, 0.3) is 0 Å². The topological polar surface area (TPSA) is 52.2 Å². The van der Waals surface area contributed by atoms with Crippen LogP contribution in [-0.4, -0.2) is 53.1 Å². The minimum Gasteiger partial charge on any atom is -0.367 e. The molecule has 0 unspecified atom stereocenters. The molecule has 4 rings (SSSR count). The van der Waals surface area contributed by atoms with Gasteiger partial charge in [0.2, 0.25) is 5.91 Å². The van der Waals surface area contributed by atoms with E-state index in [-0.39, 0.29) is 12.8 Å². The zero-order valence-corrected chi connectivity index (χ0v) is 13.6. The molecular weight excluding hydrogens is 333 g/mol. The second-order valence-corrected chi connectivity index (χ2v) is 6.78. The third-order valence-electron chi connectivity index (χ3n) is 5.50. The molecule has 3 heterocycles. The summed E-state index contributed by atoms with van der Waals surface area (Å²) < 4.78 is 40.1. The largest absolute Gasteiger partial charge is 0.403 e. The highest BCUT2D eigenvalue weighted by molar-refractivity contribution is 5.90. The molecule has 1 saturated carbocycles. The van der Waals surface area contributed by atoms with Crippen LogP contribution in [0.15, 0.2) is 24.5 Å². The molecule has 2 fully saturated rings. The Kier molecular flexibility index (Phi) is 3.66. The van der Waals surface area contributed by atoms with Crippen molar-refractivity contribution >= 4 is 22.6 Å². The molecule has 1 amide bonds. The van der Waals surface area contributed by atoms with Crippen LogP contribution in [0.3, 0.4) is 0 Å². The number of aromatic nitrogens is 2. The van der Waals surface area contributed by atoms with Gasteiger partial charge >= 0.3 is 6.18 Å². The maximum atomic E-state index is 13.4. The predicted molar refractivity (Wildman–Crippen MR) is 87.2 cm³/mol. The van der Waals surface area contributed by atoms with E-state index in [1.807, 2.05) is 18.3 Å². The Morgan fingerprint density at radius 2 is 1.88 bits per heavy atom. The summed E-state index contributed by atoms with van der Waals surface area (Å²) in [5.41, 5.74) is -0.367. The fourth-order valence-corrected chi connectivity index (χ4v) is 3.82. The number of carbonyl (C=O) groups excluding carboxylic acids is 1. The molecule has 0 bridgehead atoms. The van der Waals surface area contributed by atoms with Crippen molar-refractivity contribution in [3.63, 3.8) is 0 Å². The molecule has 0 radical (unpaired) electrons. The zero-order chi connectivity index (χ0) is 17.7. The summed E-state index contributed by atoms with van der Waals surface area (Å²) in [5.74, 6) is -0.743.